The van der Waals surface area contributed by atoms with Crippen LogP contribution in [0.2, 0.25) is 0 Å². The molecule has 0 radical (unpaired) electrons. The minimum absolute atomic E-state index is 0.313. The minimum atomic E-state index is -1.10. The van der Waals surface area contributed by atoms with Gasteiger partial charge in [-0.2, -0.15) is 0 Å². The molecule has 2 rings (SSSR count). The molecule has 9 heteroatoms. The third-order valence-corrected chi connectivity index (χ3v) is 5.04. The number of imide groups is 1. The number of carbonyl (C=O) groups is 4. The van der Waals surface area contributed by atoms with E-state index >= 15 is 0 Å². The van der Waals surface area contributed by atoms with Crippen molar-refractivity contribution in [3.63, 3.8) is 0 Å². The highest BCUT2D eigenvalue weighted by atomic mass is 16.5. The first kappa shape index (κ1) is 23.2. The van der Waals surface area contributed by atoms with E-state index in [4.69, 9.17) is 4.74 Å². The monoisotopic (exact) mass is 418 g/mol. The Morgan fingerprint density at radius 2 is 1.90 bits per heavy atom. The van der Waals surface area contributed by atoms with Gasteiger partial charge in [-0.15, -0.1) is 0 Å². The Labute approximate surface area is 176 Å². The Kier molecular flexibility index (Phi) is 7.79. The van der Waals surface area contributed by atoms with E-state index in [0.717, 1.165) is 22.6 Å². The predicted molar refractivity (Wildman–Crippen MR) is 111 cm³/mol. The largest absolute Gasteiger partial charge is 0.497 e. The fourth-order valence-electron chi connectivity index (χ4n) is 3.14. The zero-order valence-corrected chi connectivity index (χ0v) is 17.9. The summed E-state index contributed by atoms with van der Waals surface area (Å²) in [6, 6.07) is 6.10. The zero-order chi connectivity index (χ0) is 22.3. The minimum Gasteiger partial charge on any atom is -0.497 e. The zero-order valence-electron chi connectivity index (χ0n) is 17.9. The van der Waals surface area contributed by atoms with Crippen molar-refractivity contribution < 1.29 is 23.9 Å². The molecule has 164 valence electrons. The molecule has 5 amide bonds. The molecular weight excluding hydrogens is 388 g/mol. The van der Waals surface area contributed by atoms with E-state index in [1.807, 2.05) is 31.2 Å². The number of aryl methyl sites for hydroxylation is 1. The summed E-state index contributed by atoms with van der Waals surface area (Å²) in [4.78, 5) is 50.1. The van der Waals surface area contributed by atoms with Gasteiger partial charge in [0.25, 0.3) is 5.91 Å². The average molecular weight is 418 g/mol. The van der Waals surface area contributed by atoms with Gasteiger partial charge in [-0.05, 0) is 50.8 Å². The van der Waals surface area contributed by atoms with Gasteiger partial charge < -0.3 is 20.7 Å². The predicted octanol–water partition coefficient (Wildman–Crippen LogP) is 0.969. The summed E-state index contributed by atoms with van der Waals surface area (Å²) in [5.74, 6) is -0.604. The number of nitrogens with one attached hydrogen (secondary N) is 3. The van der Waals surface area contributed by atoms with E-state index in [9.17, 15) is 19.2 Å². The number of ether oxygens (including phenoxy) is 1. The maximum Gasteiger partial charge on any atom is 0.325 e. The normalized spacial score (nSPS) is 19.3. The van der Waals surface area contributed by atoms with Crippen LogP contribution in [0.3, 0.4) is 0 Å². The van der Waals surface area contributed by atoms with Gasteiger partial charge in [0, 0.05) is 6.54 Å². The molecule has 2 atom stereocenters. The summed E-state index contributed by atoms with van der Waals surface area (Å²) in [6.45, 7) is 5.20. The van der Waals surface area contributed by atoms with Crippen molar-refractivity contribution in [3.8, 4) is 5.75 Å². The lowest BCUT2D eigenvalue weighted by atomic mass is 9.93. The highest BCUT2D eigenvalue weighted by molar-refractivity contribution is 6.09. The molecule has 1 heterocycles. The number of hydrogen-bond donors (Lipinski definition) is 3. The molecule has 0 unspecified atom stereocenters. The van der Waals surface area contributed by atoms with E-state index in [-0.39, 0.29) is 5.91 Å². The second kappa shape index (κ2) is 10.1. The molecule has 0 spiro atoms. The summed E-state index contributed by atoms with van der Waals surface area (Å²) in [5.41, 5.74) is -0.0938. The van der Waals surface area contributed by atoms with E-state index in [2.05, 4.69) is 16.0 Å². The van der Waals surface area contributed by atoms with Crippen LogP contribution in [-0.2, 0) is 20.8 Å². The van der Waals surface area contributed by atoms with Crippen molar-refractivity contribution in [2.45, 2.75) is 51.6 Å². The van der Waals surface area contributed by atoms with Gasteiger partial charge in [-0.25, -0.2) is 4.79 Å². The van der Waals surface area contributed by atoms with E-state index < -0.39 is 36.0 Å². The smallest absolute Gasteiger partial charge is 0.325 e. The number of rotatable bonds is 10. The van der Waals surface area contributed by atoms with Gasteiger partial charge in [0.2, 0.25) is 11.8 Å². The molecule has 0 aromatic heterocycles. The van der Waals surface area contributed by atoms with Crippen LogP contribution in [0.5, 0.6) is 5.75 Å². The SMILES string of the molecule is CCCNC(=O)[C@@H](C)NC(=O)CN1C(=O)N[C@](C)(CCc2ccc(OC)cc2)C1=O. The van der Waals surface area contributed by atoms with Crippen LogP contribution < -0.4 is 20.7 Å². The van der Waals surface area contributed by atoms with Crippen LogP contribution in [0, 0.1) is 0 Å². The summed E-state index contributed by atoms with van der Waals surface area (Å²) >= 11 is 0. The van der Waals surface area contributed by atoms with Gasteiger partial charge in [-0.1, -0.05) is 19.1 Å². The Balaban J connectivity index is 1.92. The first-order valence-electron chi connectivity index (χ1n) is 10.0. The molecule has 1 aliphatic heterocycles. The lowest BCUT2D eigenvalue weighted by Crippen LogP contribution is -2.49. The summed E-state index contributed by atoms with van der Waals surface area (Å²) in [5, 5.41) is 7.88. The number of benzene rings is 1. The fraction of sp³-hybridized carbons (Fsp3) is 0.524. The second-order valence-electron chi connectivity index (χ2n) is 7.58. The van der Waals surface area contributed by atoms with Gasteiger partial charge >= 0.3 is 6.03 Å². The van der Waals surface area contributed by atoms with E-state index in [0.29, 0.717) is 19.4 Å². The Morgan fingerprint density at radius 1 is 1.23 bits per heavy atom. The van der Waals surface area contributed by atoms with Crippen LogP contribution in [0.15, 0.2) is 24.3 Å². The molecule has 1 aliphatic rings. The first-order valence-corrected chi connectivity index (χ1v) is 10.0. The molecule has 3 N–H and O–H groups in total. The Morgan fingerprint density at radius 3 is 2.50 bits per heavy atom. The molecule has 1 aromatic carbocycles. The quantitative estimate of drug-likeness (QED) is 0.490. The van der Waals surface area contributed by atoms with E-state index in [1.165, 1.54) is 0 Å². The lowest BCUT2D eigenvalue weighted by Gasteiger charge is -2.22. The lowest BCUT2D eigenvalue weighted by molar-refractivity contribution is -0.135. The van der Waals surface area contributed by atoms with Gasteiger partial charge in [0.15, 0.2) is 0 Å². The number of urea groups is 1. The van der Waals surface area contributed by atoms with E-state index in [1.54, 1.807) is 21.0 Å². The summed E-state index contributed by atoms with van der Waals surface area (Å²) < 4.78 is 5.13. The molecule has 0 bridgehead atoms. The Bertz CT molecular complexity index is 795. The van der Waals surface area contributed by atoms with Crippen molar-refractivity contribution in [1.82, 2.24) is 20.9 Å². The van der Waals surface area contributed by atoms with Crippen LogP contribution in [0.1, 0.15) is 39.2 Å². The summed E-state index contributed by atoms with van der Waals surface area (Å²) in [6.07, 6.45) is 1.74. The van der Waals surface area contributed by atoms with Crippen molar-refractivity contribution in [2.75, 3.05) is 20.2 Å². The maximum absolute atomic E-state index is 12.8. The molecule has 9 nitrogen and oxygen atoms in total. The molecule has 1 saturated heterocycles. The number of carbonyl (C=O) groups excluding carboxylic acids is 4. The fourth-order valence-corrected chi connectivity index (χ4v) is 3.14. The number of amides is 5. The van der Waals surface area contributed by atoms with Gasteiger partial charge in [0.05, 0.1) is 7.11 Å². The second-order valence-corrected chi connectivity index (χ2v) is 7.58. The van der Waals surface area contributed by atoms with Crippen molar-refractivity contribution in [3.05, 3.63) is 29.8 Å². The first-order chi connectivity index (χ1) is 14.2. The molecular formula is C21H30N4O5. The van der Waals surface area contributed by atoms with Crippen LogP contribution in [0.4, 0.5) is 4.79 Å². The molecule has 1 fully saturated rings. The average Bonchev–Trinajstić information content (AvgIpc) is 2.94. The third-order valence-electron chi connectivity index (χ3n) is 5.04. The number of nitrogens with zero attached hydrogens (tertiary/aromatic N) is 1. The Hall–Kier alpha value is -3.10. The van der Waals surface area contributed by atoms with Crippen LogP contribution >= 0.6 is 0 Å². The van der Waals surface area contributed by atoms with Crippen molar-refractivity contribution in [2.24, 2.45) is 0 Å². The topological polar surface area (TPSA) is 117 Å². The molecule has 0 aliphatic carbocycles. The standard InChI is InChI=1S/C21H30N4O5/c1-5-12-22-18(27)14(2)23-17(26)13-25-19(28)21(3,24-20(25)29)11-10-15-6-8-16(30-4)9-7-15/h6-9,14H,5,10-13H2,1-4H3,(H,22,27)(H,23,26)(H,24,29)/t14-,21-/m1/s1. The highest BCUT2D eigenvalue weighted by Crippen LogP contribution is 2.24. The van der Waals surface area contributed by atoms with Crippen molar-refractivity contribution in [1.29, 1.82) is 0 Å². The third kappa shape index (κ3) is 5.71. The highest BCUT2D eigenvalue weighted by Gasteiger charge is 2.47. The number of methoxy groups -OCH3 is 1. The van der Waals surface area contributed by atoms with Gasteiger partial charge in [-0.3, -0.25) is 19.3 Å². The van der Waals surface area contributed by atoms with Crippen LogP contribution in [-0.4, -0.2) is 60.4 Å². The van der Waals surface area contributed by atoms with Gasteiger partial charge in [0.1, 0.15) is 23.9 Å². The van der Waals surface area contributed by atoms with Crippen LogP contribution in [0.25, 0.3) is 0 Å². The molecule has 0 saturated carbocycles. The molecule has 1 aromatic rings. The summed E-state index contributed by atoms with van der Waals surface area (Å²) in [7, 11) is 1.59. The molecule has 30 heavy (non-hydrogen) atoms. The van der Waals surface area contributed by atoms with Crippen molar-refractivity contribution >= 4 is 23.8 Å². The number of hydrogen-bond acceptors (Lipinski definition) is 5. The maximum atomic E-state index is 12.8.